The van der Waals surface area contributed by atoms with Gasteiger partial charge in [0.05, 0.1) is 0 Å². The minimum absolute atomic E-state index is 1.24. The first kappa shape index (κ1) is 23.9. The third kappa shape index (κ3) is 4.14. The number of rotatable bonds is 4. The van der Waals surface area contributed by atoms with Crippen LogP contribution < -0.4 is 0 Å². The fourth-order valence-corrected chi connectivity index (χ4v) is 7.16. The molecule has 0 saturated carbocycles. The Balaban J connectivity index is 1.29. The summed E-state index contributed by atoms with van der Waals surface area (Å²) in [5.41, 5.74) is 7.61. The van der Waals surface area contributed by atoms with Gasteiger partial charge in [0.1, 0.15) is 0 Å². The minimum Gasteiger partial charge on any atom is -0.135 e. The maximum atomic E-state index is 2.34. The van der Waals surface area contributed by atoms with Gasteiger partial charge in [-0.05, 0) is 83.9 Å². The van der Waals surface area contributed by atoms with Crippen LogP contribution in [0.2, 0.25) is 0 Å². The number of benzene rings is 7. The van der Waals surface area contributed by atoms with E-state index in [1.165, 1.54) is 75.5 Å². The van der Waals surface area contributed by atoms with Crippen LogP contribution in [0.25, 0.3) is 75.5 Å². The molecule has 0 aliphatic rings. The average molecular weight is 539 g/mol. The Morgan fingerprint density at radius 3 is 1.34 bits per heavy atom. The van der Waals surface area contributed by atoms with E-state index in [1.807, 2.05) is 11.3 Å². The quantitative estimate of drug-likeness (QED) is 0.195. The lowest BCUT2D eigenvalue weighted by molar-refractivity contribution is 1.65. The normalized spacial score (nSPS) is 11.4. The summed E-state index contributed by atoms with van der Waals surface area (Å²) in [6.07, 6.45) is 0. The summed E-state index contributed by atoms with van der Waals surface area (Å²) < 4.78 is 0. The summed E-state index contributed by atoms with van der Waals surface area (Å²) in [5.74, 6) is 0. The smallest absolute Gasteiger partial charge is 0.0349 e. The molecule has 0 N–H and O–H groups in total. The van der Waals surface area contributed by atoms with Crippen molar-refractivity contribution in [3.8, 4) is 43.1 Å². The van der Waals surface area contributed by atoms with Gasteiger partial charge in [0.15, 0.2) is 0 Å². The maximum absolute atomic E-state index is 2.34. The Hall–Kier alpha value is -4.98. The Morgan fingerprint density at radius 1 is 0.293 bits per heavy atom. The van der Waals surface area contributed by atoms with E-state index in [9.17, 15) is 0 Å². The molecule has 0 bridgehead atoms. The summed E-state index contributed by atoms with van der Waals surface area (Å²) in [6, 6.07) is 57.5. The third-order valence-corrected chi connectivity index (χ3v) is 9.28. The first-order valence-electron chi connectivity index (χ1n) is 14.0. The van der Waals surface area contributed by atoms with Gasteiger partial charge >= 0.3 is 0 Å². The molecule has 0 unspecified atom stereocenters. The molecular weight excluding hydrogens is 513 g/mol. The van der Waals surface area contributed by atoms with E-state index < -0.39 is 0 Å². The van der Waals surface area contributed by atoms with Crippen molar-refractivity contribution in [3.63, 3.8) is 0 Å². The summed E-state index contributed by atoms with van der Waals surface area (Å²) >= 11 is 1.85. The van der Waals surface area contributed by atoms with Crippen molar-refractivity contribution in [2.45, 2.75) is 0 Å². The van der Waals surface area contributed by atoms with E-state index >= 15 is 0 Å². The number of fused-ring (bicyclic) bond motifs is 3. The predicted molar refractivity (Wildman–Crippen MR) is 179 cm³/mol. The fourth-order valence-electron chi connectivity index (χ4n) is 6.15. The van der Waals surface area contributed by atoms with Gasteiger partial charge in [-0.1, -0.05) is 140 Å². The van der Waals surface area contributed by atoms with Gasteiger partial charge < -0.3 is 0 Å². The molecule has 41 heavy (non-hydrogen) atoms. The number of thiophene rings is 1. The minimum atomic E-state index is 1.24. The van der Waals surface area contributed by atoms with Gasteiger partial charge in [0.25, 0.3) is 0 Å². The van der Waals surface area contributed by atoms with Gasteiger partial charge in [-0.3, -0.25) is 0 Å². The second-order valence-corrected chi connectivity index (χ2v) is 11.6. The molecule has 0 fully saturated rings. The molecule has 192 valence electrons. The highest BCUT2D eigenvalue weighted by molar-refractivity contribution is 7.18. The maximum Gasteiger partial charge on any atom is 0.0349 e. The standard InChI is InChI=1S/C40H26S/c1-2-11-28(12-3-1)37-24-25-38(41-37)29-19-21-30(22-20-29)39-33-14-6-8-16-35(33)40(36-17-9-7-15-34(36)39)32-23-18-27-10-4-5-13-31(27)26-32/h1-26H. The molecule has 0 amide bonds. The predicted octanol–water partition coefficient (Wildman–Crippen LogP) is 11.9. The zero-order valence-electron chi connectivity index (χ0n) is 22.4. The van der Waals surface area contributed by atoms with Crippen molar-refractivity contribution >= 4 is 43.7 Å². The Kier molecular flexibility index (Phi) is 5.76. The van der Waals surface area contributed by atoms with Crippen molar-refractivity contribution in [2.75, 3.05) is 0 Å². The SMILES string of the molecule is c1ccc(-c2ccc(-c3ccc(-c4c5ccccc5c(-c5ccc6ccccc6c5)c5ccccc45)cc3)s2)cc1. The average Bonchev–Trinajstić information content (AvgIpc) is 3.54. The molecular formula is C40H26S. The van der Waals surface area contributed by atoms with Crippen LogP contribution >= 0.6 is 11.3 Å². The van der Waals surface area contributed by atoms with E-state index in [1.54, 1.807) is 0 Å². The highest BCUT2D eigenvalue weighted by atomic mass is 32.1. The molecule has 0 aliphatic heterocycles. The Morgan fingerprint density at radius 2 is 0.732 bits per heavy atom. The van der Waals surface area contributed by atoms with E-state index in [4.69, 9.17) is 0 Å². The van der Waals surface area contributed by atoms with Crippen LogP contribution in [-0.4, -0.2) is 0 Å². The van der Waals surface area contributed by atoms with E-state index in [0.29, 0.717) is 0 Å². The molecule has 1 aromatic heterocycles. The van der Waals surface area contributed by atoms with Gasteiger partial charge in [-0.15, -0.1) is 11.3 Å². The Bertz CT molecular complexity index is 2130. The van der Waals surface area contributed by atoms with E-state index in [0.717, 1.165) is 0 Å². The first-order chi connectivity index (χ1) is 20.3. The van der Waals surface area contributed by atoms with Crippen molar-refractivity contribution < 1.29 is 0 Å². The second kappa shape index (κ2) is 9.89. The molecule has 0 radical (unpaired) electrons. The molecule has 8 rings (SSSR count). The van der Waals surface area contributed by atoms with Crippen molar-refractivity contribution in [2.24, 2.45) is 0 Å². The van der Waals surface area contributed by atoms with Crippen molar-refractivity contribution in [1.29, 1.82) is 0 Å². The number of hydrogen-bond acceptors (Lipinski definition) is 1. The van der Waals surface area contributed by atoms with Gasteiger partial charge in [0, 0.05) is 9.75 Å². The second-order valence-electron chi connectivity index (χ2n) is 10.5. The summed E-state index contributed by atoms with van der Waals surface area (Å²) in [4.78, 5) is 2.59. The highest BCUT2D eigenvalue weighted by Gasteiger charge is 2.17. The van der Waals surface area contributed by atoms with Crippen LogP contribution in [0, 0.1) is 0 Å². The number of hydrogen-bond donors (Lipinski definition) is 0. The van der Waals surface area contributed by atoms with Crippen molar-refractivity contribution in [3.05, 3.63) is 158 Å². The van der Waals surface area contributed by atoms with Gasteiger partial charge in [-0.25, -0.2) is 0 Å². The summed E-state index contributed by atoms with van der Waals surface area (Å²) in [7, 11) is 0. The topological polar surface area (TPSA) is 0 Å². The monoisotopic (exact) mass is 538 g/mol. The third-order valence-electron chi connectivity index (χ3n) is 8.09. The lowest BCUT2D eigenvalue weighted by atomic mass is 9.85. The van der Waals surface area contributed by atoms with Gasteiger partial charge in [-0.2, -0.15) is 0 Å². The lowest BCUT2D eigenvalue weighted by Gasteiger charge is -2.18. The molecule has 0 spiro atoms. The van der Waals surface area contributed by atoms with Gasteiger partial charge in [0.2, 0.25) is 0 Å². The zero-order valence-corrected chi connectivity index (χ0v) is 23.2. The summed E-state index contributed by atoms with van der Waals surface area (Å²) in [5, 5.41) is 7.66. The summed E-state index contributed by atoms with van der Waals surface area (Å²) in [6.45, 7) is 0. The van der Waals surface area contributed by atoms with Crippen LogP contribution in [0.4, 0.5) is 0 Å². The largest absolute Gasteiger partial charge is 0.135 e. The molecule has 0 atom stereocenters. The zero-order chi connectivity index (χ0) is 27.2. The Labute approximate surface area is 243 Å². The van der Waals surface area contributed by atoms with E-state index in [-0.39, 0.29) is 0 Å². The fraction of sp³-hybridized carbons (Fsp3) is 0. The molecule has 8 aromatic rings. The van der Waals surface area contributed by atoms with Crippen molar-refractivity contribution in [1.82, 2.24) is 0 Å². The molecule has 0 saturated heterocycles. The molecule has 7 aromatic carbocycles. The highest BCUT2D eigenvalue weighted by Crippen LogP contribution is 2.44. The van der Waals surface area contributed by atoms with Crippen LogP contribution in [-0.2, 0) is 0 Å². The molecule has 1 heterocycles. The molecule has 0 nitrogen and oxygen atoms in total. The van der Waals surface area contributed by atoms with Crippen LogP contribution in [0.15, 0.2) is 158 Å². The first-order valence-corrected chi connectivity index (χ1v) is 14.8. The van der Waals surface area contributed by atoms with E-state index in [2.05, 4.69) is 158 Å². The van der Waals surface area contributed by atoms with Crippen LogP contribution in [0.1, 0.15) is 0 Å². The molecule has 1 heteroatoms. The lowest BCUT2D eigenvalue weighted by Crippen LogP contribution is -1.91. The van der Waals surface area contributed by atoms with Crippen LogP contribution in [0.5, 0.6) is 0 Å². The van der Waals surface area contributed by atoms with Crippen LogP contribution in [0.3, 0.4) is 0 Å². The molecule has 0 aliphatic carbocycles.